The summed E-state index contributed by atoms with van der Waals surface area (Å²) in [6, 6.07) is 20.7. The minimum absolute atomic E-state index is 0.149. The van der Waals surface area contributed by atoms with Crippen LogP contribution < -0.4 is 10.4 Å². The van der Waals surface area contributed by atoms with Crippen molar-refractivity contribution in [1.82, 2.24) is 5.43 Å². The second kappa shape index (κ2) is 7.32. The molecule has 1 aliphatic heterocycles. The van der Waals surface area contributed by atoms with Crippen molar-refractivity contribution >= 4 is 17.5 Å². The van der Waals surface area contributed by atoms with Crippen LogP contribution in [0.5, 0.6) is 0 Å². The van der Waals surface area contributed by atoms with E-state index >= 15 is 0 Å². The predicted molar refractivity (Wildman–Crippen MR) is 94.3 cm³/mol. The maximum Gasteiger partial charge on any atom is 0.352 e. The zero-order chi connectivity index (χ0) is 17.6. The number of para-hydroxylation sites is 1. The maximum absolute atomic E-state index is 12.2. The second-order valence-electron chi connectivity index (χ2n) is 5.14. The molecular formula is C19H16N4O2. The Labute approximate surface area is 145 Å². The SMILES string of the molecule is CCOC(=O)/C(C#N)=C1\N=C(c2ccccc2)NN1c1ccccc1. The first kappa shape index (κ1) is 16.3. The first-order valence-electron chi connectivity index (χ1n) is 7.82. The van der Waals surface area contributed by atoms with Crippen LogP contribution >= 0.6 is 0 Å². The summed E-state index contributed by atoms with van der Waals surface area (Å²) in [6.07, 6.45) is 0. The number of carbonyl (C=O) groups excluding carboxylic acids is 1. The average molecular weight is 332 g/mol. The molecule has 0 amide bonds. The Morgan fingerprint density at radius 3 is 2.40 bits per heavy atom. The number of nitriles is 1. The fourth-order valence-corrected chi connectivity index (χ4v) is 2.39. The van der Waals surface area contributed by atoms with Crippen LogP contribution in [0.4, 0.5) is 5.69 Å². The van der Waals surface area contributed by atoms with E-state index in [2.05, 4.69) is 10.4 Å². The lowest BCUT2D eigenvalue weighted by Crippen LogP contribution is -2.36. The molecule has 0 saturated carbocycles. The quantitative estimate of drug-likeness (QED) is 0.529. The molecule has 124 valence electrons. The van der Waals surface area contributed by atoms with Gasteiger partial charge in [0, 0.05) is 5.56 Å². The molecule has 0 spiro atoms. The van der Waals surface area contributed by atoms with Gasteiger partial charge in [-0.2, -0.15) is 5.26 Å². The number of carbonyl (C=O) groups is 1. The third kappa shape index (κ3) is 3.35. The van der Waals surface area contributed by atoms with Crippen molar-refractivity contribution < 1.29 is 9.53 Å². The van der Waals surface area contributed by atoms with Gasteiger partial charge in [0.15, 0.2) is 17.2 Å². The van der Waals surface area contributed by atoms with Crippen LogP contribution in [0.3, 0.4) is 0 Å². The molecule has 0 unspecified atom stereocenters. The van der Waals surface area contributed by atoms with E-state index in [-0.39, 0.29) is 18.0 Å². The molecular weight excluding hydrogens is 316 g/mol. The summed E-state index contributed by atoms with van der Waals surface area (Å²) < 4.78 is 4.99. The van der Waals surface area contributed by atoms with Gasteiger partial charge < -0.3 is 4.74 Å². The van der Waals surface area contributed by atoms with Gasteiger partial charge in [-0.05, 0) is 19.1 Å². The third-order valence-corrected chi connectivity index (χ3v) is 3.52. The van der Waals surface area contributed by atoms with Crippen molar-refractivity contribution in [3.8, 4) is 6.07 Å². The molecule has 0 saturated heterocycles. The van der Waals surface area contributed by atoms with E-state index < -0.39 is 5.97 Å². The van der Waals surface area contributed by atoms with Gasteiger partial charge in [-0.1, -0.05) is 48.5 Å². The summed E-state index contributed by atoms with van der Waals surface area (Å²) in [6.45, 7) is 1.88. The summed E-state index contributed by atoms with van der Waals surface area (Å²) in [5, 5.41) is 11.1. The van der Waals surface area contributed by atoms with Crippen LogP contribution in [0.25, 0.3) is 0 Å². The lowest BCUT2D eigenvalue weighted by atomic mass is 10.2. The monoisotopic (exact) mass is 332 g/mol. The zero-order valence-electron chi connectivity index (χ0n) is 13.6. The minimum Gasteiger partial charge on any atom is -0.462 e. The molecule has 1 aliphatic rings. The van der Waals surface area contributed by atoms with Gasteiger partial charge in [-0.15, -0.1) is 0 Å². The van der Waals surface area contributed by atoms with Gasteiger partial charge in [-0.25, -0.2) is 14.8 Å². The number of nitrogens with one attached hydrogen (secondary N) is 1. The number of aliphatic imine (C=N–C) groups is 1. The Hall–Kier alpha value is -3.59. The van der Waals surface area contributed by atoms with E-state index in [1.165, 1.54) is 0 Å². The van der Waals surface area contributed by atoms with E-state index in [0.29, 0.717) is 5.84 Å². The highest BCUT2D eigenvalue weighted by Gasteiger charge is 2.29. The number of amidine groups is 1. The van der Waals surface area contributed by atoms with E-state index in [1.54, 1.807) is 11.9 Å². The zero-order valence-corrected chi connectivity index (χ0v) is 13.6. The summed E-state index contributed by atoms with van der Waals surface area (Å²) in [5.74, 6) is 0.0725. The number of benzene rings is 2. The van der Waals surface area contributed by atoms with E-state index in [9.17, 15) is 10.1 Å². The molecule has 1 N–H and O–H groups in total. The van der Waals surface area contributed by atoms with Crippen LogP contribution in [0.15, 0.2) is 77.1 Å². The lowest BCUT2D eigenvalue weighted by molar-refractivity contribution is -0.138. The molecule has 3 rings (SSSR count). The van der Waals surface area contributed by atoms with Crippen LogP contribution in [-0.2, 0) is 9.53 Å². The van der Waals surface area contributed by atoms with E-state index in [0.717, 1.165) is 11.3 Å². The topological polar surface area (TPSA) is 77.7 Å². The van der Waals surface area contributed by atoms with Gasteiger partial charge >= 0.3 is 5.97 Å². The second-order valence-corrected chi connectivity index (χ2v) is 5.14. The maximum atomic E-state index is 12.2. The van der Waals surface area contributed by atoms with Gasteiger partial charge in [0.2, 0.25) is 0 Å². The van der Waals surface area contributed by atoms with Crippen LogP contribution in [0.2, 0.25) is 0 Å². The van der Waals surface area contributed by atoms with Gasteiger partial charge in [0.25, 0.3) is 0 Å². The highest BCUT2D eigenvalue weighted by atomic mass is 16.5. The standard InChI is InChI=1S/C19H16N4O2/c1-2-25-19(24)16(13-20)18-21-17(14-9-5-3-6-10-14)22-23(18)15-11-7-4-8-12-15/h3-12H,2H2,1H3,(H,21,22)/b18-16+. The highest BCUT2D eigenvalue weighted by Crippen LogP contribution is 2.25. The number of hydrazine groups is 1. The van der Waals surface area contributed by atoms with E-state index in [4.69, 9.17) is 4.74 Å². The average Bonchev–Trinajstić information content (AvgIpc) is 3.09. The highest BCUT2D eigenvalue weighted by molar-refractivity contribution is 6.04. The number of anilines is 1. The van der Waals surface area contributed by atoms with Crippen LogP contribution in [0, 0.1) is 11.3 Å². The Morgan fingerprint density at radius 1 is 1.16 bits per heavy atom. The smallest absolute Gasteiger partial charge is 0.352 e. The molecule has 0 aliphatic carbocycles. The molecule has 2 aromatic carbocycles. The van der Waals surface area contributed by atoms with Gasteiger partial charge in [0.05, 0.1) is 12.3 Å². The molecule has 6 nitrogen and oxygen atoms in total. The first-order valence-corrected chi connectivity index (χ1v) is 7.82. The lowest BCUT2D eigenvalue weighted by Gasteiger charge is -2.20. The number of rotatable bonds is 4. The minimum atomic E-state index is -0.694. The molecule has 0 atom stereocenters. The molecule has 6 heteroatoms. The van der Waals surface area contributed by atoms with Crippen LogP contribution in [-0.4, -0.2) is 18.4 Å². The largest absolute Gasteiger partial charge is 0.462 e. The third-order valence-electron chi connectivity index (χ3n) is 3.52. The molecule has 1 heterocycles. The first-order chi connectivity index (χ1) is 12.2. The molecule has 0 radical (unpaired) electrons. The summed E-state index contributed by atoms with van der Waals surface area (Å²) in [4.78, 5) is 16.6. The van der Waals surface area contributed by atoms with Crippen molar-refractivity contribution in [2.45, 2.75) is 6.92 Å². The fourth-order valence-electron chi connectivity index (χ4n) is 2.39. The molecule has 0 aromatic heterocycles. The summed E-state index contributed by atoms with van der Waals surface area (Å²) in [5.41, 5.74) is 4.60. The number of esters is 1. The number of hydrogen-bond donors (Lipinski definition) is 1. The summed E-state index contributed by atoms with van der Waals surface area (Å²) in [7, 11) is 0. The van der Waals surface area contributed by atoms with Gasteiger partial charge in [0.1, 0.15) is 6.07 Å². The Bertz CT molecular complexity index is 867. The molecule has 0 fully saturated rings. The number of ether oxygens (including phenoxy) is 1. The Kier molecular flexibility index (Phi) is 4.77. The van der Waals surface area contributed by atoms with E-state index in [1.807, 2.05) is 66.7 Å². The normalized spacial score (nSPS) is 15.0. The van der Waals surface area contributed by atoms with Crippen LogP contribution in [0.1, 0.15) is 12.5 Å². The fraction of sp³-hybridized carbons (Fsp3) is 0.105. The van der Waals surface area contributed by atoms with Crippen molar-refractivity contribution in [3.63, 3.8) is 0 Å². The molecule has 2 aromatic rings. The van der Waals surface area contributed by atoms with Crippen molar-refractivity contribution in [3.05, 3.63) is 77.6 Å². The van der Waals surface area contributed by atoms with Crippen molar-refractivity contribution in [1.29, 1.82) is 5.26 Å². The number of hydrogen-bond acceptors (Lipinski definition) is 6. The summed E-state index contributed by atoms with van der Waals surface area (Å²) >= 11 is 0. The molecule has 0 bridgehead atoms. The van der Waals surface area contributed by atoms with Gasteiger partial charge in [-0.3, -0.25) is 5.43 Å². The molecule has 25 heavy (non-hydrogen) atoms. The van der Waals surface area contributed by atoms with Crippen molar-refractivity contribution in [2.75, 3.05) is 11.6 Å². The number of nitrogens with zero attached hydrogens (tertiary/aromatic N) is 3. The Balaban J connectivity index is 2.10. The van der Waals surface area contributed by atoms with Crippen molar-refractivity contribution in [2.24, 2.45) is 4.99 Å². The Morgan fingerprint density at radius 2 is 1.80 bits per heavy atom. The predicted octanol–water partition coefficient (Wildman–Crippen LogP) is 2.76.